The van der Waals surface area contributed by atoms with Crippen LogP contribution in [-0.4, -0.2) is 27.3 Å². The molecule has 1 amide bonds. The van der Waals surface area contributed by atoms with E-state index in [1.807, 2.05) is 6.07 Å². The van der Waals surface area contributed by atoms with E-state index in [0.717, 1.165) is 5.56 Å². The van der Waals surface area contributed by atoms with E-state index >= 15 is 0 Å². The SMILES string of the molecule is CS(=O)(=O)N1CCc2cc(NC(=O)Oc3ccccc3)ccc21. The lowest BCUT2D eigenvalue weighted by Crippen LogP contribution is -2.27. The van der Waals surface area contributed by atoms with E-state index in [4.69, 9.17) is 4.74 Å². The Morgan fingerprint density at radius 2 is 1.91 bits per heavy atom. The third-order valence-electron chi connectivity index (χ3n) is 3.53. The minimum Gasteiger partial charge on any atom is -0.410 e. The molecule has 0 spiro atoms. The Hall–Kier alpha value is -2.54. The fraction of sp³-hybridized carbons (Fsp3) is 0.188. The summed E-state index contributed by atoms with van der Waals surface area (Å²) in [5.74, 6) is 0.453. The van der Waals surface area contributed by atoms with Crippen LogP contribution >= 0.6 is 0 Å². The van der Waals surface area contributed by atoms with Crippen LogP contribution in [0.25, 0.3) is 0 Å². The lowest BCUT2D eigenvalue weighted by atomic mass is 10.1. The quantitative estimate of drug-likeness (QED) is 0.937. The Morgan fingerprint density at radius 1 is 1.17 bits per heavy atom. The molecule has 23 heavy (non-hydrogen) atoms. The van der Waals surface area contributed by atoms with Gasteiger partial charge in [-0.25, -0.2) is 13.2 Å². The second kappa shape index (κ2) is 5.92. The van der Waals surface area contributed by atoms with E-state index in [9.17, 15) is 13.2 Å². The molecule has 0 aromatic heterocycles. The summed E-state index contributed by atoms with van der Waals surface area (Å²) in [6.07, 6.45) is 1.21. The first-order chi connectivity index (χ1) is 10.9. The minimum atomic E-state index is -3.27. The molecule has 2 aromatic rings. The van der Waals surface area contributed by atoms with Gasteiger partial charge in [-0.1, -0.05) is 18.2 Å². The number of amides is 1. The molecular weight excluding hydrogens is 316 g/mol. The number of ether oxygens (including phenoxy) is 1. The Bertz CT molecular complexity index is 834. The van der Waals surface area contributed by atoms with Crippen molar-refractivity contribution in [1.29, 1.82) is 0 Å². The molecule has 3 rings (SSSR count). The predicted octanol–water partition coefficient (Wildman–Crippen LogP) is 2.62. The summed E-state index contributed by atoms with van der Waals surface area (Å²) >= 11 is 0. The topological polar surface area (TPSA) is 75.7 Å². The van der Waals surface area contributed by atoms with Crippen LogP contribution < -0.4 is 14.4 Å². The van der Waals surface area contributed by atoms with Crippen molar-refractivity contribution >= 4 is 27.5 Å². The first kappa shape index (κ1) is 15.4. The molecule has 0 saturated heterocycles. The summed E-state index contributed by atoms with van der Waals surface area (Å²) < 4.78 is 29.9. The second-order valence-corrected chi connectivity index (χ2v) is 7.16. The van der Waals surface area contributed by atoms with Crippen LogP contribution in [0.5, 0.6) is 5.75 Å². The fourth-order valence-corrected chi connectivity index (χ4v) is 3.49. The van der Waals surface area contributed by atoms with Crippen molar-refractivity contribution in [3.8, 4) is 5.75 Å². The largest absolute Gasteiger partial charge is 0.417 e. The van der Waals surface area contributed by atoms with Crippen molar-refractivity contribution in [1.82, 2.24) is 0 Å². The third-order valence-corrected chi connectivity index (χ3v) is 4.71. The van der Waals surface area contributed by atoms with E-state index in [0.29, 0.717) is 30.1 Å². The Kier molecular flexibility index (Phi) is 3.96. The Morgan fingerprint density at radius 3 is 2.61 bits per heavy atom. The molecule has 2 aromatic carbocycles. The third kappa shape index (κ3) is 3.45. The fourth-order valence-electron chi connectivity index (χ4n) is 2.53. The van der Waals surface area contributed by atoms with Gasteiger partial charge in [0.15, 0.2) is 0 Å². The zero-order valence-corrected chi connectivity index (χ0v) is 13.3. The van der Waals surface area contributed by atoms with E-state index in [1.165, 1.54) is 10.6 Å². The molecule has 0 saturated carbocycles. The molecular formula is C16H16N2O4S. The second-order valence-electron chi connectivity index (χ2n) is 5.26. The number of nitrogens with one attached hydrogen (secondary N) is 1. The number of benzene rings is 2. The van der Waals surface area contributed by atoms with E-state index < -0.39 is 16.1 Å². The average Bonchev–Trinajstić information content (AvgIpc) is 2.91. The predicted molar refractivity (Wildman–Crippen MR) is 88.4 cm³/mol. The van der Waals surface area contributed by atoms with Crippen molar-refractivity contribution in [3.63, 3.8) is 0 Å². The van der Waals surface area contributed by atoms with Gasteiger partial charge in [-0.3, -0.25) is 9.62 Å². The molecule has 7 heteroatoms. The van der Waals surface area contributed by atoms with Crippen LogP contribution in [0.3, 0.4) is 0 Å². The molecule has 0 bridgehead atoms. The molecule has 0 fully saturated rings. The minimum absolute atomic E-state index is 0.423. The molecule has 120 valence electrons. The molecule has 6 nitrogen and oxygen atoms in total. The highest BCUT2D eigenvalue weighted by Gasteiger charge is 2.26. The van der Waals surface area contributed by atoms with Crippen molar-refractivity contribution in [2.45, 2.75) is 6.42 Å². The highest BCUT2D eigenvalue weighted by Crippen LogP contribution is 2.32. The van der Waals surface area contributed by atoms with Gasteiger partial charge >= 0.3 is 6.09 Å². The van der Waals surface area contributed by atoms with Crippen LogP contribution in [0.2, 0.25) is 0 Å². The average molecular weight is 332 g/mol. The maximum Gasteiger partial charge on any atom is 0.417 e. The molecule has 1 N–H and O–H groups in total. The monoisotopic (exact) mass is 332 g/mol. The van der Waals surface area contributed by atoms with Crippen LogP contribution in [0.4, 0.5) is 16.2 Å². The van der Waals surface area contributed by atoms with Gasteiger partial charge in [0.2, 0.25) is 10.0 Å². The van der Waals surface area contributed by atoms with Crippen molar-refractivity contribution in [2.24, 2.45) is 0 Å². The van der Waals surface area contributed by atoms with E-state index in [-0.39, 0.29) is 0 Å². The van der Waals surface area contributed by atoms with E-state index in [1.54, 1.807) is 42.5 Å². The first-order valence-electron chi connectivity index (χ1n) is 7.08. The number of hydrogen-bond donors (Lipinski definition) is 1. The molecule has 1 heterocycles. The highest BCUT2D eigenvalue weighted by atomic mass is 32.2. The van der Waals surface area contributed by atoms with Gasteiger partial charge in [-0.2, -0.15) is 0 Å². The summed E-state index contributed by atoms with van der Waals surface area (Å²) in [7, 11) is -3.27. The molecule has 0 atom stereocenters. The summed E-state index contributed by atoms with van der Waals surface area (Å²) in [6.45, 7) is 0.423. The number of nitrogens with zero attached hydrogens (tertiary/aromatic N) is 1. The van der Waals surface area contributed by atoms with Gasteiger partial charge in [-0.15, -0.1) is 0 Å². The van der Waals surface area contributed by atoms with E-state index in [2.05, 4.69) is 5.32 Å². The summed E-state index contributed by atoms with van der Waals surface area (Å²) in [6, 6.07) is 13.9. The number of carbonyl (C=O) groups is 1. The highest BCUT2D eigenvalue weighted by molar-refractivity contribution is 7.92. The van der Waals surface area contributed by atoms with Crippen LogP contribution in [0, 0.1) is 0 Å². The molecule has 0 radical (unpaired) electrons. The summed E-state index contributed by atoms with van der Waals surface area (Å²) in [5.41, 5.74) is 2.11. The number of sulfonamides is 1. The molecule has 1 aliphatic heterocycles. The summed E-state index contributed by atoms with van der Waals surface area (Å²) in [4.78, 5) is 11.9. The van der Waals surface area contributed by atoms with Crippen molar-refractivity contribution in [3.05, 3.63) is 54.1 Å². The zero-order valence-electron chi connectivity index (χ0n) is 12.5. The lowest BCUT2D eigenvalue weighted by molar-refractivity contribution is 0.215. The normalized spacial score (nSPS) is 13.5. The van der Waals surface area contributed by atoms with Gasteiger partial charge in [0, 0.05) is 12.2 Å². The maximum atomic E-state index is 11.9. The van der Waals surface area contributed by atoms with Gasteiger partial charge < -0.3 is 4.74 Å². The molecule has 1 aliphatic rings. The smallest absolute Gasteiger partial charge is 0.410 e. The number of fused-ring (bicyclic) bond motifs is 1. The van der Waals surface area contributed by atoms with Crippen molar-refractivity contribution < 1.29 is 17.9 Å². The lowest BCUT2D eigenvalue weighted by Gasteiger charge is -2.16. The number of para-hydroxylation sites is 1. The number of anilines is 2. The maximum absolute atomic E-state index is 11.9. The Balaban J connectivity index is 1.72. The first-order valence-corrected chi connectivity index (χ1v) is 8.93. The molecule has 0 unspecified atom stereocenters. The zero-order chi connectivity index (χ0) is 16.4. The van der Waals surface area contributed by atoms with Gasteiger partial charge in [0.1, 0.15) is 5.75 Å². The van der Waals surface area contributed by atoms with Crippen LogP contribution in [-0.2, 0) is 16.4 Å². The summed E-state index contributed by atoms with van der Waals surface area (Å²) in [5, 5.41) is 2.64. The number of carbonyl (C=O) groups excluding carboxylic acids is 1. The Labute approximate surface area is 134 Å². The van der Waals surface area contributed by atoms with Crippen LogP contribution in [0.15, 0.2) is 48.5 Å². The number of rotatable bonds is 3. The van der Waals surface area contributed by atoms with Gasteiger partial charge in [0.25, 0.3) is 0 Å². The molecule has 0 aliphatic carbocycles. The van der Waals surface area contributed by atoms with Crippen molar-refractivity contribution in [2.75, 3.05) is 22.4 Å². The van der Waals surface area contributed by atoms with Gasteiger partial charge in [-0.05, 0) is 42.3 Å². The van der Waals surface area contributed by atoms with Gasteiger partial charge in [0.05, 0.1) is 11.9 Å². The standard InChI is InChI=1S/C16H16N2O4S/c1-23(20,21)18-10-9-12-11-13(7-8-15(12)18)17-16(19)22-14-5-3-2-4-6-14/h2-8,11H,9-10H2,1H3,(H,17,19). The van der Waals surface area contributed by atoms with Crippen LogP contribution in [0.1, 0.15) is 5.56 Å². The number of hydrogen-bond acceptors (Lipinski definition) is 4.